The van der Waals surface area contributed by atoms with Crippen molar-refractivity contribution >= 4 is 11.8 Å². The van der Waals surface area contributed by atoms with Crippen LogP contribution in [0.3, 0.4) is 0 Å². The van der Waals surface area contributed by atoms with Crippen LogP contribution in [-0.2, 0) is 0 Å². The zero-order chi connectivity index (χ0) is 15.1. The van der Waals surface area contributed by atoms with E-state index in [4.69, 9.17) is 0 Å². The number of nitrogens with one attached hydrogen (secondary N) is 1. The van der Waals surface area contributed by atoms with Gasteiger partial charge in [-0.05, 0) is 45.2 Å². The van der Waals surface area contributed by atoms with Crippen molar-refractivity contribution in [3.8, 4) is 0 Å². The lowest BCUT2D eigenvalue weighted by molar-refractivity contribution is 0.396. The molecule has 0 aromatic carbocycles. The molecule has 4 heteroatoms. The van der Waals surface area contributed by atoms with E-state index in [0.29, 0.717) is 12.0 Å². The third-order valence-electron chi connectivity index (χ3n) is 3.99. The van der Waals surface area contributed by atoms with Gasteiger partial charge in [0.25, 0.3) is 0 Å². The van der Waals surface area contributed by atoms with Crippen LogP contribution in [0.25, 0.3) is 0 Å². The first kappa shape index (κ1) is 17.4. The minimum absolute atomic E-state index is 0.537. The SMILES string of the molecule is CCCNC(CSc1nc(C)c(C)c(C)n1)C(C)CC. The van der Waals surface area contributed by atoms with E-state index >= 15 is 0 Å². The van der Waals surface area contributed by atoms with Crippen LogP contribution >= 0.6 is 11.8 Å². The van der Waals surface area contributed by atoms with Gasteiger partial charge >= 0.3 is 0 Å². The molecular formula is C16H29N3S. The predicted molar refractivity (Wildman–Crippen MR) is 88.5 cm³/mol. The lowest BCUT2D eigenvalue weighted by atomic mass is 10.0. The summed E-state index contributed by atoms with van der Waals surface area (Å²) in [7, 11) is 0. The van der Waals surface area contributed by atoms with E-state index in [1.54, 1.807) is 11.8 Å². The van der Waals surface area contributed by atoms with Crippen LogP contribution in [0.15, 0.2) is 5.16 Å². The molecule has 2 atom stereocenters. The van der Waals surface area contributed by atoms with Gasteiger partial charge in [0.1, 0.15) is 0 Å². The van der Waals surface area contributed by atoms with E-state index in [1.807, 2.05) is 0 Å². The van der Waals surface area contributed by atoms with Crippen LogP contribution in [0.5, 0.6) is 0 Å². The monoisotopic (exact) mass is 295 g/mol. The molecule has 1 rings (SSSR count). The number of thioether (sulfide) groups is 1. The van der Waals surface area contributed by atoms with E-state index in [9.17, 15) is 0 Å². The highest BCUT2D eigenvalue weighted by molar-refractivity contribution is 7.99. The van der Waals surface area contributed by atoms with Crippen LogP contribution in [0.1, 0.15) is 50.6 Å². The van der Waals surface area contributed by atoms with Crippen LogP contribution in [-0.4, -0.2) is 28.3 Å². The smallest absolute Gasteiger partial charge is 0.188 e. The first-order chi connectivity index (χ1) is 9.49. The summed E-state index contributed by atoms with van der Waals surface area (Å²) >= 11 is 1.77. The molecule has 0 aliphatic carbocycles. The minimum Gasteiger partial charge on any atom is -0.313 e. The quantitative estimate of drug-likeness (QED) is 0.583. The Morgan fingerprint density at radius 3 is 2.20 bits per heavy atom. The van der Waals surface area contributed by atoms with Gasteiger partial charge in [-0.25, -0.2) is 9.97 Å². The normalized spacial score (nSPS) is 14.3. The maximum absolute atomic E-state index is 4.60. The average molecular weight is 295 g/mol. The van der Waals surface area contributed by atoms with E-state index in [1.165, 1.54) is 18.4 Å². The molecule has 0 fully saturated rings. The van der Waals surface area contributed by atoms with Crippen molar-refractivity contribution in [2.75, 3.05) is 12.3 Å². The van der Waals surface area contributed by atoms with Crippen LogP contribution in [0, 0.1) is 26.7 Å². The van der Waals surface area contributed by atoms with E-state index in [2.05, 4.69) is 56.8 Å². The molecule has 0 aliphatic heterocycles. The lowest BCUT2D eigenvalue weighted by Crippen LogP contribution is -2.37. The van der Waals surface area contributed by atoms with Gasteiger partial charge in [0.05, 0.1) is 0 Å². The van der Waals surface area contributed by atoms with E-state index in [-0.39, 0.29) is 0 Å². The average Bonchev–Trinajstić information content (AvgIpc) is 2.43. The number of rotatable bonds is 8. The first-order valence-corrected chi connectivity index (χ1v) is 8.66. The summed E-state index contributed by atoms with van der Waals surface area (Å²) in [6, 6.07) is 0.537. The van der Waals surface area contributed by atoms with Gasteiger partial charge in [0, 0.05) is 23.2 Å². The molecule has 0 spiro atoms. The summed E-state index contributed by atoms with van der Waals surface area (Å²) in [5, 5.41) is 4.57. The number of nitrogens with zero attached hydrogens (tertiary/aromatic N) is 2. The van der Waals surface area contributed by atoms with Gasteiger partial charge < -0.3 is 5.32 Å². The summed E-state index contributed by atoms with van der Waals surface area (Å²) in [4.78, 5) is 9.19. The molecule has 1 N–H and O–H groups in total. The topological polar surface area (TPSA) is 37.8 Å². The van der Waals surface area contributed by atoms with Crippen LogP contribution < -0.4 is 5.32 Å². The Morgan fingerprint density at radius 2 is 1.70 bits per heavy atom. The fourth-order valence-electron chi connectivity index (χ4n) is 2.01. The lowest BCUT2D eigenvalue weighted by Gasteiger charge is -2.23. The van der Waals surface area contributed by atoms with Gasteiger partial charge in [-0.3, -0.25) is 0 Å². The molecule has 1 heterocycles. The molecule has 0 saturated heterocycles. The molecule has 1 aromatic rings. The Morgan fingerprint density at radius 1 is 1.10 bits per heavy atom. The maximum atomic E-state index is 4.60. The second kappa shape index (κ2) is 8.63. The first-order valence-electron chi connectivity index (χ1n) is 7.67. The Labute approximate surface area is 128 Å². The van der Waals surface area contributed by atoms with Gasteiger partial charge in [-0.2, -0.15) is 0 Å². The summed E-state index contributed by atoms with van der Waals surface area (Å²) in [6.07, 6.45) is 2.38. The number of aromatic nitrogens is 2. The number of hydrogen-bond acceptors (Lipinski definition) is 4. The minimum atomic E-state index is 0.537. The fraction of sp³-hybridized carbons (Fsp3) is 0.750. The zero-order valence-corrected chi connectivity index (χ0v) is 14.6. The molecular weight excluding hydrogens is 266 g/mol. The maximum Gasteiger partial charge on any atom is 0.188 e. The molecule has 2 unspecified atom stereocenters. The highest BCUT2D eigenvalue weighted by Gasteiger charge is 2.16. The second-order valence-electron chi connectivity index (χ2n) is 5.56. The molecule has 0 amide bonds. The predicted octanol–water partition coefficient (Wildman–Crippen LogP) is 3.91. The standard InChI is InChI=1S/C16H29N3S/c1-7-9-17-15(11(3)8-2)10-20-16-18-13(5)12(4)14(6)19-16/h11,15,17H,7-10H2,1-6H3. The molecule has 1 aromatic heterocycles. The molecule has 114 valence electrons. The molecule has 0 saturated carbocycles. The number of aryl methyl sites for hydroxylation is 2. The Balaban J connectivity index is 2.66. The molecule has 0 aliphatic rings. The highest BCUT2D eigenvalue weighted by atomic mass is 32.2. The van der Waals surface area contributed by atoms with Gasteiger partial charge in [0.2, 0.25) is 0 Å². The van der Waals surface area contributed by atoms with Crippen molar-refractivity contribution in [1.82, 2.24) is 15.3 Å². The van der Waals surface area contributed by atoms with Crippen molar-refractivity contribution in [3.63, 3.8) is 0 Å². The fourth-order valence-corrected chi connectivity index (χ4v) is 3.19. The van der Waals surface area contributed by atoms with Crippen LogP contribution in [0.2, 0.25) is 0 Å². The van der Waals surface area contributed by atoms with Gasteiger partial charge in [-0.1, -0.05) is 39.0 Å². The molecule has 3 nitrogen and oxygen atoms in total. The van der Waals surface area contributed by atoms with Crippen molar-refractivity contribution in [3.05, 3.63) is 17.0 Å². The van der Waals surface area contributed by atoms with Gasteiger partial charge in [-0.15, -0.1) is 0 Å². The Bertz CT molecular complexity index is 397. The molecule has 20 heavy (non-hydrogen) atoms. The largest absolute Gasteiger partial charge is 0.313 e. The highest BCUT2D eigenvalue weighted by Crippen LogP contribution is 2.21. The second-order valence-corrected chi connectivity index (χ2v) is 6.55. The number of hydrogen-bond donors (Lipinski definition) is 1. The van der Waals surface area contributed by atoms with Crippen molar-refractivity contribution in [2.24, 2.45) is 5.92 Å². The summed E-state index contributed by atoms with van der Waals surface area (Å²) in [5.41, 5.74) is 3.40. The summed E-state index contributed by atoms with van der Waals surface area (Å²) in [5.74, 6) is 1.72. The van der Waals surface area contributed by atoms with Crippen molar-refractivity contribution in [1.29, 1.82) is 0 Å². The third-order valence-corrected chi connectivity index (χ3v) is 4.96. The summed E-state index contributed by atoms with van der Waals surface area (Å²) in [6.45, 7) is 14.1. The molecule has 0 radical (unpaired) electrons. The van der Waals surface area contributed by atoms with Crippen molar-refractivity contribution in [2.45, 2.75) is 65.6 Å². The molecule has 0 bridgehead atoms. The van der Waals surface area contributed by atoms with Gasteiger partial charge in [0.15, 0.2) is 5.16 Å². The van der Waals surface area contributed by atoms with Crippen LogP contribution in [0.4, 0.5) is 0 Å². The third kappa shape index (κ3) is 5.06. The Hall–Kier alpha value is -0.610. The Kier molecular flexibility index (Phi) is 7.52. The summed E-state index contributed by atoms with van der Waals surface area (Å²) < 4.78 is 0. The van der Waals surface area contributed by atoms with Crippen molar-refractivity contribution < 1.29 is 0 Å². The van der Waals surface area contributed by atoms with E-state index in [0.717, 1.165) is 28.8 Å². The zero-order valence-electron chi connectivity index (χ0n) is 13.8. The van der Waals surface area contributed by atoms with E-state index < -0.39 is 0 Å².